The van der Waals surface area contributed by atoms with Gasteiger partial charge in [0.25, 0.3) is 5.56 Å². The number of halogens is 3. The molecular formula is C25H28F3N7O9S. The quantitative estimate of drug-likeness (QED) is 0.0596. The zero-order chi connectivity index (χ0) is 33.8. The number of hydrogen-bond acceptors (Lipinski definition) is 8. The van der Waals surface area contributed by atoms with Crippen LogP contribution in [0.1, 0.15) is 6.42 Å². The number of carbonyl (C=O) groups is 3. The molecule has 0 spiro atoms. The molecule has 0 aliphatic carbocycles. The fourth-order valence-electron chi connectivity index (χ4n) is 3.25. The standard InChI is InChI=1S/C23H27N7O7S.C2HF3O2/c24-22(25)26-11-4-12-37-16-9-7-15-8-10-18(20(31)30(15)14-16)28-23(34)27-13-19(21(32)33)29-38(35,36)17-5-2-1-3-6-17;3-2(4,5)1(6)7/h1-3,5-10,14,19,29H,4,11-13H2,(H,32,33)(H4,24,25,26)(H2,27,28,34);(H,6,7). The number of ether oxygens (including phenoxy) is 1. The Morgan fingerprint density at radius 1 is 1.07 bits per heavy atom. The number of anilines is 1. The van der Waals surface area contributed by atoms with Gasteiger partial charge in [-0.1, -0.05) is 18.2 Å². The molecule has 3 aromatic rings. The van der Waals surface area contributed by atoms with Crippen molar-refractivity contribution in [2.24, 2.45) is 11.5 Å². The molecule has 20 heteroatoms. The number of nitrogens with one attached hydrogen (secondary N) is 4. The molecule has 0 aliphatic rings. The molecular weight excluding hydrogens is 631 g/mol. The van der Waals surface area contributed by atoms with Crippen LogP contribution in [0.2, 0.25) is 0 Å². The fourth-order valence-corrected chi connectivity index (χ4v) is 4.46. The van der Waals surface area contributed by atoms with Gasteiger partial charge in [0.15, 0.2) is 0 Å². The maximum Gasteiger partial charge on any atom is 0.430 e. The second-order valence-electron chi connectivity index (χ2n) is 8.74. The van der Waals surface area contributed by atoms with E-state index in [1.165, 1.54) is 40.9 Å². The summed E-state index contributed by atoms with van der Waals surface area (Å²) in [5.41, 5.74) is 10.5. The van der Waals surface area contributed by atoms with Crippen molar-refractivity contribution in [3.05, 3.63) is 71.1 Å². The number of aliphatic carboxylic acids is 2. The van der Waals surface area contributed by atoms with Crippen molar-refractivity contribution in [3.8, 4) is 5.75 Å². The van der Waals surface area contributed by atoms with Gasteiger partial charge in [-0.3, -0.25) is 30.4 Å². The Labute approximate surface area is 252 Å². The Morgan fingerprint density at radius 3 is 2.27 bits per heavy atom. The number of benzene rings is 1. The number of aromatic nitrogens is 1. The molecule has 2 heterocycles. The summed E-state index contributed by atoms with van der Waals surface area (Å²) in [6.07, 6.45) is -3.12. The van der Waals surface area contributed by atoms with Crippen molar-refractivity contribution in [1.82, 2.24) is 14.4 Å². The van der Waals surface area contributed by atoms with Crippen LogP contribution in [0.3, 0.4) is 0 Å². The first-order valence-electron chi connectivity index (χ1n) is 12.5. The summed E-state index contributed by atoms with van der Waals surface area (Å²) < 4.78 is 65.4. The van der Waals surface area contributed by atoms with E-state index in [1.54, 1.807) is 24.3 Å². The van der Waals surface area contributed by atoms with Crippen LogP contribution < -0.4 is 47.2 Å². The van der Waals surface area contributed by atoms with Gasteiger partial charge in [0.2, 0.25) is 10.0 Å². The predicted octanol–water partition coefficient (Wildman–Crippen LogP) is -2.73. The summed E-state index contributed by atoms with van der Waals surface area (Å²) in [5, 5.41) is 22.8. The molecule has 0 fully saturated rings. The van der Waals surface area contributed by atoms with Gasteiger partial charge >= 0.3 is 24.1 Å². The number of carboxylic acid groups (broad SMARTS) is 2. The first-order valence-corrected chi connectivity index (χ1v) is 14.0. The van der Waals surface area contributed by atoms with E-state index in [2.05, 4.69) is 15.6 Å². The maximum atomic E-state index is 12.9. The van der Waals surface area contributed by atoms with Crippen LogP contribution in [0.5, 0.6) is 5.75 Å². The minimum atomic E-state index is -5.19. The summed E-state index contributed by atoms with van der Waals surface area (Å²) in [6.45, 7) is 0.262. The third kappa shape index (κ3) is 11.7. The van der Waals surface area contributed by atoms with Gasteiger partial charge in [-0.15, -0.1) is 0 Å². The Morgan fingerprint density at radius 2 is 1.69 bits per heavy atom. The van der Waals surface area contributed by atoms with Crippen LogP contribution in [0, 0.1) is 0 Å². The van der Waals surface area contributed by atoms with E-state index in [-0.39, 0.29) is 16.5 Å². The molecule has 2 aromatic heterocycles. The normalized spacial score (nSPS) is 11.8. The number of fused-ring (bicyclic) bond motifs is 1. The number of amides is 2. The third-order valence-electron chi connectivity index (χ3n) is 5.34. The van der Waals surface area contributed by atoms with Crippen molar-refractivity contribution in [2.75, 3.05) is 25.0 Å². The van der Waals surface area contributed by atoms with Gasteiger partial charge in [-0.2, -0.15) is 17.9 Å². The summed E-state index contributed by atoms with van der Waals surface area (Å²) in [4.78, 5) is 48.3. The van der Waals surface area contributed by atoms with Crippen LogP contribution in [0.4, 0.5) is 23.7 Å². The maximum absolute atomic E-state index is 12.9. The summed E-state index contributed by atoms with van der Waals surface area (Å²) >= 11 is 0. The highest BCUT2D eigenvalue weighted by Crippen LogP contribution is 2.14. The average Bonchev–Trinajstić information content (AvgIpc) is 2.96. The summed E-state index contributed by atoms with van der Waals surface area (Å²) in [5.74, 6) is -3.98. The Kier molecular flexibility index (Phi) is 12.7. The highest BCUT2D eigenvalue weighted by atomic mass is 32.2. The zero-order valence-electron chi connectivity index (χ0n) is 23.0. The monoisotopic (exact) mass is 659 g/mol. The lowest BCUT2D eigenvalue weighted by atomic mass is 10.3. The van der Waals surface area contributed by atoms with E-state index in [0.29, 0.717) is 30.8 Å². The van der Waals surface area contributed by atoms with Crippen molar-refractivity contribution >= 4 is 45.2 Å². The minimum Gasteiger partial charge on any atom is -0.542 e. The lowest BCUT2D eigenvalue weighted by Crippen LogP contribution is -2.78. The molecule has 1 aromatic carbocycles. The van der Waals surface area contributed by atoms with Crippen LogP contribution in [0.25, 0.3) is 5.52 Å². The van der Waals surface area contributed by atoms with Gasteiger partial charge in [0.05, 0.1) is 24.2 Å². The fraction of sp³-hybridized carbons (Fsp3) is 0.240. The molecule has 0 saturated carbocycles. The van der Waals surface area contributed by atoms with E-state index in [9.17, 15) is 41.1 Å². The molecule has 3 rings (SSSR count). The van der Waals surface area contributed by atoms with Crippen LogP contribution in [-0.4, -0.2) is 73.8 Å². The van der Waals surface area contributed by atoms with Crippen LogP contribution in [0.15, 0.2) is 70.5 Å². The van der Waals surface area contributed by atoms with Crippen molar-refractivity contribution in [3.63, 3.8) is 0 Å². The van der Waals surface area contributed by atoms with Gasteiger partial charge in [-0.05, 0) is 36.4 Å². The number of nitrogens with two attached hydrogens (primary N) is 2. The number of pyridine rings is 2. The van der Waals surface area contributed by atoms with Crippen molar-refractivity contribution in [2.45, 2.75) is 23.5 Å². The molecule has 1 atom stereocenters. The smallest absolute Gasteiger partial charge is 0.430 e. The van der Waals surface area contributed by atoms with E-state index < -0.39 is 52.3 Å². The Bertz CT molecular complexity index is 1700. The van der Waals surface area contributed by atoms with Gasteiger partial charge in [-0.25, -0.2) is 13.2 Å². The van der Waals surface area contributed by atoms with E-state index in [4.69, 9.17) is 26.1 Å². The zero-order valence-corrected chi connectivity index (χ0v) is 23.9. The number of carbonyl (C=O) groups excluding carboxylic acids is 2. The third-order valence-corrected chi connectivity index (χ3v) is 6.82. The first-order chi connectivity index (χ1) is 21.0. The number of guanidine groups is 1. The number of nitrogens with zero attached hydrogens (tertiary/aromatic N) is 1. The molecule has 2 amide bonds. The number of urea groups is 1. The van der Waals surface area contributed by atoms with E-state index >= 15 is 0 Å². The molecule has 0 aliphatic heterocycles. The number of carboxylic acids is 2. The lowest BCUT2D eigenvalue weighted by Gasteiger charge is -2.16. The van der Waals surface area contributed by atoms with Crippen LogP contribution in [-0.2, 0) is 19.6 Å². The Balaban J connectivity index is 0.000000900. The SMILES string of the molecule is NC(N)=[NH+]CCCOc1ccc2ccc(NC(=O)NCC(NS(=O)(=O)c3ccccc3)C(=O)O)c(=O)n2c1.O=C([O-])C(F)(F)F. The average molecular weight is 660 g/mol. The number of sulfonamides is 1. The van der Waals surface area contributed by atoms with Crippen molar-refractivity contribution in [1.29, 1.82) is 0 Å². The molecule has 0 saturated heterocycles. The van der Waals surface area contributed by atoms with E-state index in [0.717, 1.165) is 0 Å². The largest absolute Gasteiger partial charge is 0.542 e. The minimum absolute atomic E-state index is 0.0907. The first kappa shape index (κ1) is 35.8. The predicted molar refractivity (Wildman–Crippen MR) is 149 cm³/mol. The molecule has 45 heavy (non-hydrogen) atoms. The number of alkyl halides is 3. The number of hydrogen-bond donors (Lipinski definition) is 7. The number of rotatable bonds is 12. The van der Waals surface area contributed by atoms with Crippen LogP contribution >= 0.6 is 0 Å². The second kappa shape index (κ2) is 15.9. The molecule has 244 valence electrons. The highest BCUT2D eigenvalue weighted by Gasteiger charge is 2.29. The van der Waals surface area contributed by atoms with Gasteiger partial charge in [0, 0.05) is 18.5 Å². The van der Waals surface area contributed by atoms with Gasteiger partial charge in [0.1, 0.15) is 23.4 Å². The molecule has 1 unspecified atom stereocenters. The molecule has 9 N–H and O–H groups in total. The topological polar surface area (TPSA) is 261 Å². The summed E-state index contributed by atoms with van der Waals surface area (Å²) in [6, 6.07) is 11.0. The highest BCUT2D eigenvalue weighted by molar-refractivity contribution is 7.89. The summed E-state index contributed by atoms with van der Waals surface area (Å²) in [7, 11) is -4.14. The molecule has 0 radical (unpaired) electrons. The second-order valence-corrected chi connectivity index (χ2v) is 10.5. The van der Waals surface area contributed by atoms with Crippen molar-refractivity contribution < 1.29 is 55.9 Å². The lowest BCUT2D eigenvalue weighted by molar-refractivity contribution is -0.460. The molecule has 0 bridgehead atoms. The van der Waals surface area contributed by atoms with Gasteiger partial charge < -0.3 is 30.4 Å². The Hall–Kier alpha value is -5.37. The van der Waals surface area contributed by atoms with E-state index in [1.807, 2.05) is 4.72 Å². The molecule has 16 nitrogen and oxygen atoms in total.